The van der Waals surface area contributed by atoms with Crippen LogP contribution < -0.4 is 5.32 Å². The zero-order chi connectivity index (χ0) is 13.1. The molecule has 2 rings (SSSR count). The molecular formula is C14H20BrFN2. The molecule has 1 aromatic carbocycles. The van der Waals surface area contributed by atoms with Gasteiger partial charge in [0.1, 0.15) is 5.82 Å². The van der Waals surface area contributed by atoms with Gasteiger partial charge in [0.2, 0.25) is 0 Å². The molecule has 4 heteroatoms. The molecule has 1 aliphatic heterocycles. The van der Waals surface area contributed by atoms with Gasteiger partial charge in [0.25, 0.3) is 0 Å². The van der Waals surface area contributed by atoms with Crippen molar-refractivity contribution in [2.24, 2.45) is 5.92 Å². The Morgan fingerprint density at radius 1 is 1.50 bits per heavy atom. The second kappa shape index (κ2) is 6.02. The van der Waals surface area contributed by atoms with Crippen molar-refractivity contribution < 1.29 is 4.39 Å². The number of nitrogens with one attached hydrogen (secondary N) is 1. The van der Waals surface area contributed by atoms with Crippen molar-refractivity contribution in [3.05, 3.63) is 28.5 Å². The lowest BCUT2D eigenvalue weighted by Crippen LogP contribution is -2.40. The molecule has 0 bridgehead atoms. The van der Waals surface area contributed by atoms with E-state index >= 15 is 0 Å². The highest BCUT2D eigenvalue weighted by Crippen LogP contribution is 2.24. The standard InChI is InChI=1S/C14H20BrFN2/c1-10(11-4-3-7-18(2)9-11)17-14-6-5-12(15)8-13(14)16/h5-6,8,10-11,17H,3-4,7,9H2,1-2H3. The average Bonchev–Trinajstić information content (AvgIpc) is 2.32. The molecule has 1 aliphatic rings. The highest BCUT2D eigenvalue weighted by atomic mass is 79.9. The van der Waals surface area contributed by atoms with Crippen LogP contribution in [0.3, 0.4) is 0 Å². The van der Waals surface area contributed by atoms with Crippen molar-refractivity contribution in [2.75, 3.05) is 25.5 Å². The van der Waals surface area contributed by atoms with Gasteiger partial charge in [-0.1, -0.05) is 15.9 Å². The van der Waals surface area contributed by atoms with Crippen molar-refractivity contribution in [3.63, 3.8) is 0 Å². The maximum atomic E-state index is 13.8. The highest BCUT2D eigenvalue weighted by molar-refractivity contribution is 9.10. The minimum atomic E-state index is -0.194. The zero-order valence-corrected chi connectivity index (χ0v) is 12.5. The number of rotatable bonds is 3. The summed E-state index contributed by atoms with van der Waals surface area (Å²) >= 11 is 3.27. The lowest BCUT2D eigenvalue weighted by molar-refractivity contribution is 0.197. The lowest BCUT2D eigenvalue weighted by Gasteiger charge is -2.34. The van der Waals surface area contributed by atoms with Gasteiger partial charge in [0.05, 0.1) is 5.69 Å². The van der Waals surface area contributed by atoms with Gasteiger partial charge in [0, 0.05) is 17.1 Å². The maximum absolute atomic E-state index is 13.8. The van der Waals surface area contributed by atoms with Gasteiger partial charge < -0.3 is 10.2 Å². The van der Waals surface area contributed by atoms with E-state index in [0.717, 1.165) is 11.0 Å². The van der Waals surface area contributed by atoms with E-state index in [0.29, 0.717) is 17.6 Å². The van der Waals surface area contributed by atoms with Crippen LogP contribution in [0.4, 0.5) is 10.1 Å². The zero-order valence-electron chi connectivity index (χ0n) is 10.9. The SMILES string of the molecule is CC(Nc1ccc(Br)cc1F)C1CCCN(C)C1. The van der Waals surface area contributed by atoms with Gasteiger partial charge in [-0.05, 0) is 57.5 Å². The van der Waals surface area contributed by atoms with Crippen LogP contribution in [0.1, 0.15) is 19.8 Å². The van der Waals surface area contributed by atoms with Crippen LogP contribution in [0, 0.1) is 11.7 Å². The van der Waals surface area contributed by atoms with Crippen LogP contribution >= 0.6 is 15.9 Å². The predicted molar refractivity (Wildman–Crippen MR) is 77.4 cm³/mol. The van der Waals surface area contributed by atoms with Crippen LogP contribution in [-0.4, -0.2) is 31.1 Å². The molecule has 100 valence electrons. The van der Waals surface area contributed by atoms with E-state index in [1.54, 1.807) is 6.07 Å². The van der Waals surface area contributed by atoms with Gasteiger partial charge in [-0.15, -0.1) is 0 Å². The molecule has 0 saturated carbocycles. The van der Waals surface area contributed by atoms with Crippen molar-refractivity contribution in [1.82, 2.24) is 4.90 Å². The van der Waals surface area contributed by atoms with Crippen LogP contribution in [0.2, 0.25) is 0 Å². The summed E-state index contributed by atoms with van der Waals surface area (Å²) in [7, 11) is 2.15. The maximum Gasteiger partial charge on any atom is 0.147 e. The van der Waals surface area contributed by atoms with Crippen molar-refractivity contribution in [3.8, 4) is 0 Å². The Kier molecular flexibility index (Phi) is 4.62. The molecule has 0 aromatic heterocycles. The first-order valence-electron chi connectivity index (χ1n) is 6.46. The van der Waals surface area contributed by atoms with Crippen LogP contribution in [0.15, 0.2) is 22.7 Å². The lowest BCUT2D eigenvalue weighted by atomic mass is 9.92. The summed E-state index contributed by atoms with van der Waals surface area (Å²) < 4.78 is 14.5. The molecule has 2 unspecified atom stereocenters. The second-order valence-corrected chi connectivity index (χ2v) is 6.14. The fourth-order valence-electron chi connectivity index (χ4n) is 2.58. The molecule has 1 fully saturated rings. The minimum absolute atomic E-state index is 0.194. The topological polar surface area (TPSA) is 15.3 Å². The predicted octanol–water partition coefficient (Wildman–Crippen LogP) is 3.73. The van der Waals surface area contributed by atoms with Crippen LogP contribution in [-0.2, 0) is 0 Å². The number of hydrogen-bond donors (Lipinski definition) is 1. The number of benzene rings is 1. The van der Waals surface area contributed by atoms with E-state index in [4.69, 9.17) is 0 Å². The van der Waals surface area contributed by atoms with Gasteiger partial charge >= 0.3 is 0 Å². The Balaban J connectivity index is 1.99. The summed E-state index contributed by atoms with van der Waals surface area (Å²) in [5, 5.41) is 3.31. The molecule has 1 saturated heterocycles. The number of halogens is 2. The van der Waals surface area contributed by atoms with Crippen LogP contribution in [0.25, 0.3) is 0 Å². The summed E-state index contributed by atoms with van der Waals surface area (Å²) in [5.74, 6) is 0.396. The third-order valence-corrected chi connectivity index (χ3v) is 4.18. The molecule has 2 nitrogen and oxygen atoms in total. The molecule has 0 spiro atoms. The normalized spacial score (nSPS) is 22.8. The molecule has 1 N–H and O–H groups in total. The molecule has 18 heavy (non-hydrogen) atoms. The van der Waals surface area contributed by atoms with Gasteiger partial charge in [-0.2, -0.15) is 0 Å². The number of hydrogen-bond acceptors (Lipinski definition) is 2. The molecule has 0 aliphatic carbocycles. The molecular weight excluding hydrogens is 295 g/mol. The second-order valence-electron chi connectivity index (χ2n) is 5.22. The third-order valence-electron chi connectivity index (χ3n) is 3.68. The number of likely N-dealkylation sites (tertiary alicyclic amines) is 1. The first kappa shape index (κ1) is 13.8. The first-order chi connectivity index (χ1) is 8.56. The van der Waals surface area contributed by atoms with Crippen molar-refractivity contribution in [2.45, 2.75) is 25.8 Å². The largest absolute Gasteiger partial charge is 0.380 e. The van der Waals surface area contributed by atoms with Crippen molar-refractivity contribution in [1.29, 1.82) is 0 Å². The monoisotopic (exact) mass is 314 g/mol. The van der Waals surface area contributed by atoms with E-state index in [9.17, 15) is 4.39 Å². The van der Waals surface area contributed by atoms with E-state index in [-0.39, 0.29) is 5.82 Å². The summed E-state index contributed by atoms with van der Waals surface area (Å²) in [6.45, 7) is 4.41. The van der Waals surface area contributed by atoms with E-state index in [1.165, 1.54) is 25.5 Å². The summed E-state index contributed by atoms with van der Waals surface area (Å²) in [6, 6.07) is 5.46. The van der Waals surface area contributed by atoms with Gasteiger partial charge in [-0.3, -0.25) is 0 Å². The minimum Gasteiger partial charge on any atom is -0.380 e. The van der Waals surface area contributed by atoms with E-state index in [2.05, 4.69) is 40.1 Å². The van der Waals surface area contributed by atoms with E-state index < -0.39 is 0 Å². The Morgan fingerprint density at radius 2 is 2.28 bits per heavy atom. The number of piperidine rings is 1. The highest BCUT2D eigenvalue weighted by Gasteiger charge is 2.23. The van der Waals surface area contributed by atoms with Gasteiger partial charge in [0.15, 0.2) is 0 Å². The Labute approximate surface area is 117 Å². The Morgan fingerprint density at radius 3 is 2.94 bits per heavy atom. The molecule has 1 aromatic rings. The first-order valence-corrected chi connectivity index (χ1v) is 7.25. The van der Waals surface area contributed by atoms with Crippen LogP contribution in [0.5, 0.6) is 0 Å². The summed E-state index contributed by atoms with van der Waals surface area (Å²) in [6.07, 6.45) is 2.45. The summed E-state index contributed by atoms with van der Waals surface area (Å²) in [4.78, 5) is 2.35. The number of nitrogens with zero attached hydrogens (tertiary/aromatic N) is 1. The summed E-state index contributed by atoms with van der Waals surface area (Å²) in [5.41, 5.74) is 0.596. The third kappa shape index (κ3) is 3.45. The Bertz CT molecular complexity index is 411. The quantitative estimate of drug-likeness (QED) is 0.914. The fraction of sp³-hybridized carbons (Fsp3) is 0.571. The fourth-order valence-corrected chi connectivity index (χ4v) is 2.92. The average molecular weight is 315 g/mol. The molecule has 0 amide bonds. The molecule has 0 radical (unpaired) electrons. The number of anilines is 1. The van der Waals surface area contributed by atoms with E-state index in [1.807, 2.05) is 6.07 Å². The van der Waals surface area contributed by atoms with Gasteiger partial charge in [-0.25, -0.2) is 4.39 Å². The molecule has 1 heterocycles. The molecule has 2 atom stereocenters. The smallest absolute Gasteiger partial charge is 0.147 e. The van der Waals surface area contributed by atoms with Crippen molar-refractivity contribution >= 4 is 21.6 Å². The Hall–Kier alpha value is -0.610.